The van der Waals surface area contributed by atoms with Gasteiger partial charge < -0.3 is 0 Å². The van der Waals surface area contributed by atoms with Crippen molar-refractivity contribution in [1.82, 2.24) is 4.90 Å². The molecule has 24 heavy (non-hydrogen) atoms. The van der Waals surface area contributed by atoms with Gasteiger partial charge in [0.2, 0.25) is 0 Å². The second-order valence-corrected chi connectivity index (χ2v) is 6.75. The first kappa shape index (κ1) is 15.4. The summed E-state index contributed by atoms with van der Waals surface area (Å²) < 4.78 is 0. The van der Waals surface area contributed by atoms with E-state index >= 15 is 0 Å². The molecule has 0 N–H and O–H groups in total. The van der Waals surface area contributed by atoms with E-state index in [0.29, 0.717) is 15.7 Å². The molecule has 0 saturated heterocycles. The Morgan fingerprint density at radius 3 is 2.50 bits per heavy atom. The van der Waals surface area contributed by atoms with Crippen LogP contribution >= 0.6 is 23.2 Å². The maximum atomic E-state index is 12.8. The van der Waals surface area contributed by atoms with Crippen LogP contribution in [0.15, 0.2) is 59.2 Å². The number of rotatable bonds is 3. The Morgan fingerprint density at radius 1 is 1.08 bits per heavy atom. The molecule has 5 heteroatoms. The zero-order valence-electron chi connectivity index (χ0n) is 12.7. The van der Waals surface area contributed by atoms with Crippen LogP contribution in [0.3, 0.4) is 0 Å². The number of carbonyl (C=O) groups excluding carboxylic acids is 1. The lowest BCUT2D eigenvalue weighted by molar-refractivity contribution is -0.122. The molecule has 1 aliphatic carbocycles. The highest BCUT2D eigenvalue weighted by atomic mass is 35.5. The van der Waals surface area contributed by atoms with Gasteiger partial charge in [-0.3, -0.25) is 9.69 Å². The van der Waals surface area contributed by atoms with Crippen LogP contribution in [0.25, 0.3) is 6.08 Å². The van der Waals surface area contributed by atoms with Crippen LogP contribution in [-0.2, 0) is 4.79 Å². The van der Waals surface area contributed by atoms with E-state index in [2.05, 4.69) is 4.99 Å². The Hall–Kier alpha value is -2.10. The molecule has 120 valence electrons. The van der Waals surface area contributed by atoms with Crippen molar-refractivity contribution in [2.24, 2.45) is 4.99 Å². The van der Waals surface area contributed by atoms with Gasteiger partial charge >= 0.3 is 0 Å². The van der Waals surface area contributed by atoms with Crippen LogP contribution in [0.5, 0.6) is 0 Å². The average Bonchev–Trinajstić information content (AvgIpc) is 3.36. The summed E-state index contributed by atoms with van der Waals surface area (Å²) in [6.45, 7) is 0. The van der Waals surface area contributed by atoms with E-state index in [9.17, 15) is 4.79 Å². The molecule has 2 aromatic carbocycles. The van der Waals surface area contributed by atoms with Crippen LogP contribution < -0.4 is 0 Å². The minimum absolute atomic E-state index is 0.0673. The standard InChI is InChI=1S/C19H14Cl2N2O/c20-14-7-6-13(16(21)11-14)10-17-19(24)23(15-8-9-15)18(22-17)12-4-2-1-3-5-12/h1-7,10-11,15H,8-9H2/b17-10+. The number of hydrogen-bond acceptors (Lipinski definition) is 2. The van der Waals surface area contributed by atoms with Gasteiger partial charge in [0.15, 0.2) is 0 Å². The Labute approximate surface area is 150 Å². The van der Waals surface area contributed by atoms with Gasteiger partial charge in [-0.15, -0.1) is 0 Å². The first-order valence-electron chi connectivity index (χ1n) is 7.78. The van der Waals surface area contributed by atoms with Crippen molar-refractivity contribution >= 4 is 41.0 Å². The summed E-state index contributed by atoms with van der Waals surface area (Å²) in [5, 5.41) is 1.07. The minimum Gasteiger partial charge on any atom is -0.288 e. The molecule has 1 fully saturated rings. The lowest BCUT2D eigenvalue weighted by atomic mass is 10.2. The number of amides is 1. The topological polar surface area (TPSA) is 32.7 Å². The van der Waals surface area contributed by atoms with Gasteiger partial charge in [-0.25, -0.2) is 4.99 Å². The molecule has 1 amide bonds. The second kappa shape index (κ2) is 6.08. The number of nitrogens with zero attached hydrogens (tertiary/aromatic N) is 2. The summed E-state index contributed by atoms with van der Waals surface area (Å²) >= 11 is 12.1. The first-order chi connectivity index (χ1) is 11.6. The Morgan fingerprint density at radius 2 is 1.83 bits per heavy atom. The molecule has 0 atom stereocenters. The van der Waals surface area contributed by atoms with Crippen molar-refractivity contribution in [3.63, 3.8) is 0 Å². The number of amidine groups is 1. The molecule has 0 radical (unpaired) electrons. The summed E-state index contributed by atoms with van der Waals surface area (Å²) in [6, 6.07) is 15.3. The first-order valence-corrected chi connectivity index (χ1v) is 8.53. The van der Waals surface area contributed by atoms with E-state index in [1.54, 1.807) is 24.3 Å². The molecule has 2 aliphatic rings. The fraction of sp³-hybridized carbons (Fsp3) is 0.158. The summed E-state index contributed by atoms with van der Waals surface area (Å²) in [7, 11) is 0. The van der Waals surface area contributed by atoms with Crippen LogP contribution in [-0.4, -0.2) is 22.7 Å². The highest BCUT2D eigenvalue weighted by Crippen LogP contribution is 2.34. The molecule has 0 aromatic heterocycles. The van der Waals surface area contributed by atoms with Crippen molar-refractivity contribution in [2.75, 3.05) is 0 Å². The van der Waals surface area contributed by atoms with Crippen molar-refractivity contribution < 1.29 is 4.79 Å². The van der Waals surface area contributed by atoms with Gasteiger partial charge in [-0.05, 0) is 36.6 Å². The molecule has 0 spiro atoms. The molecular formula is C19H14Cl2N2O. The molecule has 4 rings (SSSR count). The van der Waals surface area contributed by atoms with E-state index in [0.717, 1.165) is 29.8 Å². The average molecular weight is 357 g/mol. The Kier molecular flexibility index (Phi) is 3.91. The lowest BCUT2D eigenvalue weighted by Gasteiger charge is -2.17. The monoisotopic (exact) mass is 356 g/mol. The molecule has 0 unspecified atom stereocenters. The van der Waals surface area contributed by atoms with Crippen LogP contribution in [0.1, 0.15) is 24.0 Å². The van der Waals surface area contributed by atoms with Gasteiger partial charge in [0.25, 0.3) is 5.91 Å². The van der Waals surface area contributed by atoms with Crippen molar-refractivity contribution in [1.29, 1.82) is 0 Å². The summed E-state index contributed by atoms with van der Waals surface area (Å²) in [5.41, 5.74) is 2.09. The molecule has 1 heterocycles. The maximum absolute atomic E-state index is 12.8. The lowest BCUT2D eigenvalue weighted by Crippen LogP contribution is -2.34. The largest absolute Gasteiger partial charge is 0.288 e. The smallest absolute Gasteiger partial charge is 0.278 e. The van der Waals surface area contributed by atoms with Gasteiger partial charge in [0.1, 0.15) is 11.5 Å². The van der Waals surface area contributed by atoms with Gasteiger partial charge in [-0.1, -0.05) is 59.6 Å². The SMILES string of the molecule is O=C1/C(=C\c2ccc(Cl)cc2Cl)N=C(c2ccccc2)N1C1CC1. The zero-order chi connectivity index (χ0) is 16.7. The third-order valence-corrected chi connectivity index (χ3v) is 4.65. The predicted octanol–water partition coefficient (Wildman–Crippen LogP) is 4.79. The number of carbonyl (C=O) groups is 1. The minimum atomic E-state index is -0.0673. The highest BCUT2D eigenvalue weighted by Gasteiger charge is 2.41. The fourth-order valence-electron chi connectivity index (χ4n) is 2.76. The molecule has 3 nitrogen and oxygen atoms in total. The number of halogens is 2. The normalized spacial score (nSPS) is 19.1. The van der Waals surface area contributed by atoms with Gasteiger partial charge in [0, 0.05) is 21.7 Å². The molecule has 1 saturated carbocycles. The highest BCUT2D eigenvalue weighted by molar-refractivity contribution is 6.35. The predicted molar refractivity (Wildman–Crippen MR) is 97.3 cm³/mol. The van der Waals surface area contributed by atoms with Crippen LogP contribution in [0, 0.1) is 0 Å². The summed E-state index contributed by atoms with van der Waals surface area (Å²) in [4.78, 5) is 19.2. The third kappa shape index (κ3) is 2.85. The fourth-order valence-corrected chi connectivity index (χ4v) is 3.22. The van der Waals surface area contributed by atoms with Crippen molar-refractivity contribution in [2.45, 2.75) is 18.9 Å². The Balaban J connectivity index is 1.77. The second-order valence-electron chi connectivity index (χ2n) is 5.90. The third-order valence-electron chi connectivity index (χ3n) is 4.09. The summed E-state index contributed by atoms with van der Waals surface area (Å²) in [5.74, 6) is 0.654. The van der Waals surface area contributed by atoms with Crippen LogP contribution in [0.4, 0.5) is 0 Å². The van der Waals surface area contributed by atoms with E-state index < -0.39 is 0 Å². The van der Waals surface area contributed by atoms with Gasteiger partial charge in [-0.2, -0.15) is 0 Å². The van der Waals surface area contributed by atoms with E-state index in [-0.39, 0.29) is 11.9 Å². The van der Waals surface area contributed by atoms with Crippen molar-refractivity contribution in [3.05, 3.63) is 75.4 Å². The van der Waals surface area contributed by atoms with E-state index in [1.807, 2.05) is 35.2 Å². The zero-order valence-corrected chi connectivity index (χ0v) is 14.3. The van der Waals surface area contributed by atoms with Crippen molar-refractivity contribution in [3.8, 4) is 0 Å². The Bertz CT molecular complexity index is 870. The van der Waals surface area contributed by atoms with E-state index in [4.69, 9.17) is 23.2 Å². The number of aliphatic imine (C=N–C) groups is 1. The molecule has 2 aromatic rings. The number of benzene rings is 2. The van der Waals surface area contributed by atoms with Crippen LogP contribution in [0.2, 0.25) is 10.0 Å². The summed E-state index contributed by atoms with van der Waals surface area (Å²) in [6.07, 6.45) is 3.77. The van der Waals surface area contributed by atoms with Gasteiger partial charge in [0.05, 0.1) is 0 Å². The maximum Gasteiger partial charge on any atom is 0.278 e. The van der Waals surface area contributed by atoms with E-state index in [1.165, 1.54) is 0 Å². The molecule has 0 bridgehead atoms. The molecule has 1 aliphatic heterocycles. The molecular weight excluding hydrogens is 343 g/mol. The number of hydrogen-bond donors (Lipinski definition) is 0. The quantitative estimate of drug-likeness (QED) is 0.728.